The molecular formula is C15H18N4O2. The number of morpholine rings is 1. The van der Waals surface area contributed by atoms with Gasteiger partial charge in [0.15, 0.2) is 0 Å². The third-order valence-electron chi connectivity index (χ3n) is 3.48. The van der Waals surface area contributed by atoms with Crippen LogP contribution < -0.4 is 10.7 Å². The largest absolute Gasteiger partial charge is 0.379 e. The normalized spacial score (nSPS) is 15.9. The minimum atomic E-state index is -0.195. The minimum absolute atomic E-state index is 0.195. The van der Waals surface area contributed by atoms with E-state index in [1.807, 2.05) is 35.3 Å². The molecule has 1 saturated heterocycles. The maximum Gasteiger partial charge on any atom is 0.284 e. The van der Waals surface area contributed by atoms with Gasteiger partial charge in [-0.3, -0.25) is 10.2 Å². The molecule has 0 radical (unpaired) electrons. The number of pyridine rings is 1. The van der Waals surface area contributed by atoms with Gasteiger partial charge in [-0.25, -0.2) is 9.99 Å². The third kappa shape index (κ3) is 2.96. The summed E-state index contributed by atoms with van der Waals surface area (Å²) in [5, 5.41) is 6.90. The smallest absolute Gasteiger partial charge is 0.284 e. The predicted molar refractivity (Wildman–Crippen MR) is 81.1 cm³/mol. The zero-order valence-electron chi connectivity index (χ0n) is 11.9. The summed E-state index contributed by atoms with van der Waals surface area (Å²) in [5.74, 6) is 0.513. The van der Waals surface area contributed by atoms with Crippen molar-refractivity contribution in [2.75, 3.05) is 38.7 Å². The summed E-state index contributed by atoms with van der Waals surface area (Å²) in [6.45, 7) is 2.65. The summed E-state index contributed by atoms with van der Waals surface area (Å²) in [5.41, 5.74) is 3.28. The molecule has 1 aromatic carbocycles. The van der Waals surface area contributed by atoms with Gasteiger partial charge >= 0.3 is 0 Å². The van der Waals surface area contributed by atoms with E-state index >= 15 is 0 Å². The summed E-state index contributed by atoms with van der Waals surface area (Å²) >= 11 is 0. The van der Waals surface area contributed by atoms with Crippen molar-refractivity contribution in [3.05, 3.63) is 36.0 Å². The number of anilines is 1. The fourth-order valence-electron chi connectivity index (χ4n) is 2.38. The topological polar surface area (TPSA) is 66.5 Å². The summed E-state index contributed by atoms with van der Waals surface area (Å²) in [6.07, 6.45) is 0. The molecule has 1 amide bonds. The number of aromatic nitrogens is 1. The van der Waals surface area contributed by atoms with Gasteiger partial charge in [-0.05, 0) is 11.5 Å². The first kappa shape index (κ1) is 13.8. The molecule has 1 aliphatic heterocycles. The molecule has 2 aromatic rings. The van der Waals surface area contributed by atoms with E-state index in [1.54, 1.807) is 7.05 Å². The number of nitrogens with zero attached hydrogens (tertiary/aromatic N) is 2. The van der Waals surface area contributed by atoms with Gasteiger partial charge in [-0.2, -0.15) is 0 Å². The lowest BCUT2D eigenvalue weighted by molar-refractivity contribution is 0.0125. The van der Waals surface area contributed by atoms with Crippen molar-refractivity contribution in [1.82, 2.24) is 15.4 Å². The zero-order valence-corrected chi connectivity index (χ0v) is 11.9. The summed E-state index contributed by atoms with van der Waals surface area (Å²) in [6, 6.07) is 9.68. The number of fused-ring (bicyclic) bond motifs is 1. The summed E-state index contributed by atoms with van der Waals surface area (Å²) in [4.78, 5) is 16.7. The summed E-state index contributed by atoms with van der Waals surface area (Å²) < 4.78 is 5.26. The van der Waals surface area contributed by atoms with Crippen molar-refractivity contribution in [2.24, 2.45) is 0 Å². The molecule has 0 atom stereocenters. The number of hydrogen-bond donors (Lipinski definition) is 2. The average molecular weight is 286 g/mol. The van der Waals surface area contributed by atoms with Gasteiger partial charge in [0.25, 0.3) is 5.91 Å². The second-order valence-electron chi connectivity index (χ2n) is 4.87. The minimum Gasteiger partial charge on any atom is -0.379 e. The van der Waals surface area contributed by atoms with E-state index in [4.69, 9.17) is 4.74 Å². The number of ether oxygens (including phenoxy) is 1. The first-order valence-electron chi connectivity index (χ1n) is 6.99. The maximum atomic E-state index is 12.3. The van der Waals surface area contributed by atoms with Crippen LogP contribution in [-0.2, 0) is 4.74 Å². The second-order valence-corrected chi connectivity index (χ2v) is 4.87. The molecule has 1 aromatic heterocycles. The molecule has 0 spiro atoms. The van der Waals surface area contributed by atoms with Crippen molar-refractivity contribution in [1.29, 1.82) is 0 Å². The van der Waals surface area contributed by atoms with Gasteiger partial charge in [-0.15, -0.1) is 0 Å². The Kier molecular flexibility index (Phi) is 3.98. The average Bonchev–Trinajstić information content (AvgIpc) is 2.54. The van der Waals surface area contributed by atoms with Gasteiger partial charge in [0.1, 0.15) is 11.5 Å². The number of nitrogens with one attached hydrogen (secondary N) is 2. The molecule has 21 heavy (non-hydrogen) atoms. The number of hydrogen-bond acceptors (Lipinski definition) is 5. The highest BCUT2D eigenvalue weighted by Crippen LogP contribution is 2.22. The van der Waals surface area contributed by atoms with Crippen LogP contribution in [0.15, 0.2) is 30.3 Å². The Hall–Kier alpha value is -2.18. The highest BCUT2D eigenvalue weighted by atomic mass is 16.5. The predicted octanol–water partition coefficient (Wildman–Crippen LogP) is 1.25. The van der Waals surface area contributed by atoms with Crippen LogP contribution in [0.1, 0.15) is 10.5 Å². The molecular weight excluding hydrogens is 268 g/mol. The van der Waals surface area contributed by atoms with E-state index in [2.05, 4.69) is 15.7 Å². The molecule has 0 bridgehead atoms. The fraction of sp³-hybridized carbons (Fsp3) is 0.333. The summed E-state index contributed by atoms with van der Waals surface area (Å²) in [7, 11) is 1.80. The Morgan fingerprint density at radius 3 is 2.81 bits per heavy atom. The van der Waals surface area contributed by atoms with Gasteiger partial charge in [0, 0.05) is 25.5 Å². The highest BCUT2D eigenvalue weighted by Gasteiger charge is 2.16. The van der Waals surface area contributed by atoms with Crippen LogP contribution in [-0.4, -0.2) is 49.3 Å². The van der Waals surface area contributed by atoms with Crippen molar-refractivity contribution >= 4 is 22.5 Å². The van der Waals surface area contributed by atoms with Crippen LogP contribution in [0.2, 0.25) is 0 Å². The van der Waals surface area contributed by atoms with Gasteiger partial charge in [0.2, 0.25) is 0 Å². The lowest BCUT2D eigenvalue weighted by atomic mass is 10.1. The number of carbonyl (C=O) groups is 1. The number of rotatable bonds is 3. The monoisotopic (exact) mass is 286 g/mol. The maximum absolute atomic E-state index is 12.3. The molecule has 1 aliphatic rings. The van der Waals surface area contributed by atoms with Crippen molar-refractivity contribution in [3.8, 4) is 0 Å². The first-order valence-corrected chi connectivity index (χ1v) is 6.99. The molecule has 1 fully saturated rings. The molecule has 6 nitrogen and oxygen atoms in total. The Balaban J connectivity index is 1.87. The van der Waals surface area contributed by atoms with E-state index in [-0.39, 0.29) is 5.91 Å². The van der Waals surface area contributed by atoms with Crippen LogP contribution in [0.3, 0.4) is 0 Å². The standard InChI is InChI=1S/C15H18N4O2/c1-16-14-12-5-3-2-4-11(12)10-13(17-14)15(20)18-19-6-8-21-9-7-19/h2-5,10H,6-9H2,1H3,(H,16,17)(H,18,20). The second kappa shape index (κ2) is 6.07. The van der Waals surface area contributed by atoms with E-state index in [0.717, 1.165) is 10.8 Å². The Morgan fingerprint density at radius 2 is 2.05 bits per heavy atom. The molecule has 0 unspecified atom stereocenters. The van der Waals surface area contributed by atoms with E-state index in [9.17, 15) is 4.79 Å². The van der Waals surface area contributed by atoms with E-state index < -0.39 is 0 Å². The van der Waals surface area contributed by atoms with Crippen LogP contribution in [0.4, 0.5) is 5.82 Å². The fourth-order valence-corrected chi connectivity index (χ4v) is 2.38. The molecule has 110 valence electrons. The van der Waals surface area contributed by atoms with Crippen LogP contribution >= 0.6 is 0 Å². The SMILES string of the molecule is CNc1nc(C(=O)NN2CCOCC2)cc2ccccc12. The molecule has 2 heterocycles. The number of hydrazine groups is 1. The Morgan fingerprint density at radius 1 is 1.29 bits per heavy atom. The van der Waals surface area contributed by atoms with Gasteiger partial charge < -0.3 is 10.1 Å². The van der Waals surface area contributed by atoms with Gasteiger partial charge in [0.05, 0.1) is 13.2 Å². The van der Waals surface area contributed by atoms with Crippen LogP contribution in [0, 0.1) is 0 Å². The number of carbonyl (C=O) groups excluding carboxylic acids is 1. The molecule has 3 rings (SSSR count). The lowest BCUT2D eigenvalue weighted by Crippen LogP contribution is -2.48. The van der Waals surface area contributed by atoms with Crippen molar-refractivity contribution in [3.63, 3.8) is 0 Å². The third-order valence-corrected chi connectivity index (χ3v) is 3.48. The van der Waals surface area contributed by atoms with Crippen molar-refractivity contribution < 1.29 is 9.53 Å². The quantitative estimate of drug-likeness (QED) is 0.889. The van der Waals surface area contributed by atoms with Crippen LogP contribution in [0.25, 0.3) is 10.8 Å². The molecule has 6 heteroatoms. The molecule has 0 aliphatic carbocycles. The number of amides is 1. The van der Waals surface area contributed by atoms with Crippen molar-refractivity contribution in [2.45, 2.75) is 0 Å². The van der Waals surface area contributed by atoms with E-state index in [0.29, 0.717) is 37.8 Å². The molecule has 2 N–H and O–H groups in total. The zero-order chi connectivity index (χ0) is 14.7. The highest BCUT2D eigenvalue weighted by molar-refractivity contribution is 6.00. The Labute approximate surface area is 123 Å². The molecule has 0 saturated carbocycles. The number of benzene rings is 1. The van der Waals surface area contributed by atoms with E-state index in [1.165, 1.54) is 0 Å². The Bertz CT molecular complexity index is 653. The van der Waals surface area contributed by atoms with Gasteiger partial charge in [-0.1, -0.05) is 24.3 Å². The lowest BCUT2D eigenvalue weighted by Gasteiger charge is -2.26. The first-order chi connectivity index (χ1) is 10.3. The van der Waals surface area contributed by atoms with Crippen LogP contribution in [0.5, 0.6) is 0 Å².